The van der Waals surface area contributed by atoms with Crippen LogP contribution in [0.1, 0.15) is 21.5 Å². The minimum absolute atomic E-state index is 0.174. The standard InChI is InChI=1S/C23H24N4O3S/c1-17-4-14-22(15-5-17)31(29,30)26-20-10-8-19(9-11-20)23(28)25-24-16-18-6-12-21(13-7-18)27(2)3/h4-16,26H,1-3H3,(H,25,28)/b24-16-. The molecular weight excluding hydrogens is 412 g/mol. The predicted molar refractivity (Wildman–Crippen MR) is 124 cm³/mol. The van der Waals surface area contributed by atoms with E-state index in [-0.39, 0.29) is 4.90 Å². The molecule has 0 aliphatic carbocycles. The number of hydrogen-bond donors (Lipinski definition) is 2. The number of carbonyl (C=O) groups excluding carboxylic acids is 1. The van der Waals surface area contributed by atoms with E-state index >= 15 is 0 Å². The lowest BCUT2D eigenvalue weighted by Gasteiger charge is -2.11. The molecule has 0 saturated heterocycles. The highest BCUT2D eigenvalue weighted by Crippen LogP contribution is 2.17. The molecule has 0 aliphatic heterocycles. The second-order valence-electron chi connectivity index (χ2n) is 7.18. The molecular formula is C23H24N4O3S. The lowest BCUT2D eigenvalue weighted by molar-refractivity contribution is 0.0955. The summed E-state index contributed by atoms with van der Waals surface area (Å²) >= 11 is 0. The van der Waals surface area contributed by atoms with Crippen molar-refractivity contribution in [1.82, 2.24) is 5.43 Å². The van der Waals surface area contributed by atoms with E-state index in [0.717, 1.165) is 16.8 Å². The summed E-state index contributed by atoms with van der Waals surface area (Å²) in [6, 6.07) is 20.4. The van der Waals surface area contributed by atoms with E-state index in [9.17, 15) is 13.2 Å². The van der Waals surface area contributed by atoms with Crippen molar-refractivity contribution in [1.29, 1.82) is 0 Å². The molecule has 0 atom stereocenters. The molecule has 3 rings (SSSR count). The fourth-order valence-corrected chi connectivity index (χ4v) is 3.77. The fraction of sp³-hybridized carbons (Fsp3) is 0.130. The van der Waals surface area contributed by atoms with Crippen LogP contribution in [0.2, 0.25) is 0 Å². The number of hydrazone groups is 1. The molecule has 0 aliphatic rings. The summed E-state index contributed by atoms with van der Waals surface area (Å²) in [4.78, 5) is 14.4. The zero-order valence-electron chi connectivity index (χ0n) is 17.5. The van der Waals surface area contributed by atoms with E-state index in [1.807, 2.05) is 50.2 Å². The predicted octanol–water partition coefficient (Wildman–Crippen LogP) is 3.63. The smallest absolute Gasteiger partial charge is 0.271 e. The minimum atomic E-state index is -3.69. The molecule has 1 amide bonds. The van der Waals surface area contributed by atoms with Crippen molar-refractivity contribution in [2.24, 2.45) is 5.10 Å². The molecule has 3 aromatic carbocycles. The summed E-state index contributed by atoms with van der Waals surface area (Å²) in [7, 11) is 0.227. The normalized spacial score (nSPS) is 11.3. The molecule has 3 aromatic rings. The molecule has 0 aromatic heterocycles. The second-order valence-corrected chi connectivity index (χ2v) is 8.86. The van der Waals surface area contributed by atoms with Crippen molar-refractivity contribution in [3.63, 3.8) is 0 Å². The highest BCUT2D eigenvalue weighted by atomic mass is 32.2. The summed E-state index contributed by atoms with van der Waals surface area (Å²) in [5, 5.41) is 3.97. The highest BCUT2D eigenvalue weighted by Gasteiger charge is 2.14. The van der Waals surface area contributed by atoms with Crippen LogP contribution in [-0.2, 0) is 10.0 Å². The Morgan fingerprint density at radius 2 is 1.52 bits per heavy atom. The van der Waals surface area contributed by atoms with E-state index in [0.29, 0.717) is 11.3 Å². The third-order valence-corrected chi connectivity index (χ3v) is 5.92. The number of hydrogen-bond acceptors (Lipinski definition) is 5. The van der Waals surface area contributed by atoms with Gasteiger partial charge in [-0.3, -0.25) is 9.52 Å². The lowest BCUT2D eigenvalue weighted by atomic mass is 10.2. The second kappa shape index (κ2) is 9.44. The zero-order chi connectivity index (χ0) is 22.4. The van der Waals surface area contributed by atoms with Crippen molar-refractivity contribution in [2.45, 2.75) is 11.8 Å². The van der Waals surface area contributed by atoms with Crippen LogP contribution in [0.5, 0.6) is 0 Å². The Kier molecular flexibility index (Phi) is 6.71. The number of amides is 1. The first-order valence-corrected chi connectivity index (χ1v) is 11.0. The average Bonchev–Trinajstić information content (AvgIpc) is 2.74. The number of anilines is 2. The Labute approximate surface area is 182 Å². The van der Waals surface area contributed by atoms with Gasteiger partial charge in [0.2, 0.25) is 0 Å². The van der Waals surface area contributed by atoms with Crippen molar-refractivity contribution < 1.29 is 13.2 Å². The van der Waals surface area contributed by atoms with Crippen molar-refractivity contribution in [3.05, 3.63) is 89.5 Å². The molecule has 0 heterocycles. The maximum absolute atomic E-state index is 12.5. The SMILES string of the molecule is Cc1ccc(S(=O)(=O)Nc2ccc(C(=O)N/N=C\c3ccc(N(C)C)cc3)cc2)cc1. The van der Waals surface area contributed by atoms with E-state index in [1.54, 1.807) is 30.5 Å². The van der Waals surface area contributed by atoms with Gasteiger partial charge in [0.1, 0.15) is 0 Å². The van der Waals surface area contributed by atoms with Crippen LogP contribution in [0, 0.1) is 6.92 Å². The Balaban J connectivity index is 1.60. The molecule has 0 fully saturated rings. The largest absolute Gasteiger partial charge is 0.378 e. The Morgan fingerprint density at radius 3 is 2.10 bits per heavy atom. The van der Waals surface area contributed by atoms with Crippen molar-refractivity contribution in [2.75, 3.05) is 23.7 Å². The van der Waals surface area contributed by atoms with Gasteiger partial charge in [0, 0.05) is 31.0 Å². The Hall–Kier alpha value is -3.65. The minimum Gasteiger partial charge on any atom is -0.378 e. The summed E-state index contributed by atoms with van der Waals surface area (Å²) in [5.74, 6) is -0.394. The Morgan fingerprint density at radius 1 is 0.903 bits per heavy atom. The van der Waals surface area contributed by atoms with Gasteiger partial charge in [-0.25, -0.2) is 13.8 Å². The number of sulfonamides is 1. The number of nitrogens with zero attached hydrogens (tertiary/aromatic N) is 2. The number of aryl methyl sites for hydroxylation is 1. The van der Waals surface area contributed by atoms with Gasteiger partial charge in [-0.1, -0.05) is 29.8 Å². The van der Waals surface area contributed by atoms with Crippen LogP contribution in [0.3, 0.4) is 0 Å². The monoisotopic (exact) mass is 436 g/mol. The molecule has 31 heavy (non-hydrogen) atoms. The molecule has 0 unspecified atom stereocenters. The summed E-state index contributed by atoms with van der Waals surface area (Å²) < 4.78 is 27.4. The van der Waals surface area contributed by atoms with Gasteiger partial charge in [-0.05, 0) is 61.0 Å². The van der Waals surface area contributed by atoms with Gasteiger partial charge >= 0.3 is 0 Å². The molecule has 0 saturated carbocycles. The van der Waals surface area contributed by atoms with Gasteiger partial charge in [-0.15, -0.1) is 0 Å². The molecule has 0 radical (unpaired) electrons. The maximum atomic E-state index is 12.5. The number of carbonyl (C=O) groups is 1. The summed E-state index contributed by atoms with van der Waals surface area (Å²) in [6.45, 7) is 1.89. The van der Waals surface area contributed by atoms with Crippen LogP contribution in [0.4, 0.5) is 11.4 Å². The first-order valence-electron chi connectivity index (χ1n) is 9.55. The van der Waals surface area contributed by atoms with E-state index in [2.05, 4.69) is 15.2 Å². The van der Waals surface area contributed by atoms with Crippen LogP contribution in [-0.4, -0.2) is 34.6 Å². The first kappa shape index (κ1) is 22.0. The first-order chi connectivity index (χ1) is 14.7. The molecule has 7 nitrogen and oxygen atoms in total. The molecule has 0 bridgehead atoms. The Bertz CT molecular complexity index is 1170. The van der Waals surface area contributed by atoms with Crippen LogP contribution in [0.15, 0.2) is 82.8 Å². The third-order valence-electron chi connectivity index (χ3n) is 4.52. The van der Waals surface area contributed by atoms with E-state index < -0.39 is 15.9 Å². The van der Waals surface area contributed by atoms with Crippen molar-refractivity contribution >= 4 is 33.5 Å². The number of nitrogens with one attached hydrogen (secondary N) is 2. The van der Waals surface area contributed by atoms with Gasteiger partial charge in [-0.2, -0.15) is 5.10 Å². The topological polar surface area (TPSA) is 90.9 Å². The number of rotatable bonds is 7. The fourth-order valence-electron chi connectivity index (χ4n) is 2.71. The van der Waals surface area contributed by atoms with Gasteiger partial charge in [0.15, 0.2) is 0 Å². The summed E-state index contributed by atoms with van der Waals surface area (Å²) in [6.07, 6.45) is 1.56. The lowest BCUT2D eigenvalue weighted by Crippen LogP contribution is -2.18. The average molecular weight is 437 g/mol. The molecule has 2 N–H and O–H groups in total. The third kappa shape index (κ3) is 5.93. The van der Waals surface area contributed by atoms with Crippen LogP contribution in [0.25, 0.3) is 0 Å². The van der Waals surface area contributed by atoms with Gasteiger partial charge < -0.3 is 4.90 Å². The van der Waals surface area contributed by atoms with Crippen molar-refractivity contribution in [3.8, 4) is 0 Å². The quantitative estimate of drug-likeness (QED) is 0.437. The number of benzene rings is 3. The van der Waals surface area contributed by atoms with E-state index in [1.165, 1.54) is 24.3 Å². The maximum Gasteiger partial charge on any atom is 0.271 e. The van der Waals surface area contributed by atoms with Gasteiger partial charge in [0.25, 0.3) is 15.9 Å². The van der Waals surface area contributed by atoms with Crippen LogP contribution >= 0.6 is 0 Å². The zero-order valence-corrected chi connectivity index (χ0v) is 18.3. The highest BCUT2D eigenvalue weighted by molar-refractivity contribution is 7.92. The van der Waals surface area contributed by atoms with E-state index in [4.69, 9.17) is 0 Å². The molecule has 8 heteroatoms. The van der Waals surface area contributed by atoms with Crippen LogP contribution < -0.4 is 15.0 Å². The molecule has 0 spiro atoms. The molecule has 160 valence electrons. The van der Waals surface area contributed by atoms with Gasteiger partial charge in [0.05, 0.1) is 11.1 Å². The summed E-state index contributed by atoms with van der Waals surface area (Å²) in [5.41, 5.74) is 6.08.